The lowest BCUT2D eigenvalue weighted by molar-refractivity contribution is -0.189. The summed E-state index contributed by atoms with van der Waals surface area (Å²) in [6.45, 7) is 1.44. The molecule has 6 heteroatoms. The van der Waals surface area contributed by atoms with E-state index in [-0.39, 0.29) is 11.1 Å². The van der Waals surface area contributed by atoms with Crippen molar-refractivity contribution in [2.75, 3.05) is 0 Å². The fraction of sp³-hybridized carbons (Fsp3) is 0.100. The number of rotatable bonds is 4. The fourth-order valence-corrected chi connectivity index (χ4v) is 2.48. The van der Waals surface area contributed by atoms with Gasteiger partial charge in [-0.25, -0.2) is 13.2 Å². The predicted molar refractivity (Wildman–Crippen MR) is 87.5 cm³/mol. The molecule has 3 aromatic rings. The van der Waals surface area contributed by atoms with Crippen molar-refractivity contribution in [1.82, 2.24) is 0 Å². The fourth-order valence-electron chi connectivity index (χ4n) is 2.48. The van der Waals surface area contributed by atoms with E-state index >= 15 is 0 Å². The molecule has 134 valence electrons. The van der Waals surface area contributed by atoms with Gasteiger partial charge >= 0.3 is 6.11 Å². The van der Waals surface area contributed by atoms with E-state index in [0.29, 0.717) is 5.56 Å². The molecule has 0 unspecified atom stereocenters. The summed E-state index contributed by atoms with van der Waals surface area (Å²) >= 11 is 0. The quantitative estimate of drug-likeness (QED) is 0.500. The third-order valence-corrected chi connectivity index (χ3v) is 3.83. The summed E-state index contributed by atoms with van der Waals surface area (Å²) in [5.74, 6) is -4.22. The molecule has 0 radical (unpaired) electrons. The highest BCUT2D eigenvalue weighted by molar-refractivity contribution is 5.64. The lowest BCUT2D eigenvalue weighted by Crippen LogP contribution is -2.25. The maximum Gasteiger partial charge on any atom is 0.432 e. The van der Waals surface area contributed by atoms with Crippen molar-refractivity contribution >= 4 is 0 Å². The van der Waals surface area contributed by atoms with Gasteiger partial charge in [0.15, 0.2) is 0 Å². The van der Waals surface area contributed by atoms with Crippen LogP contribution in [0.1, 0.15) is 11.1 Å². The third-order valence-electron chi connectivity index (χ3n) is 3.83. The molecule has 0 atom stereocenters. The molecule has 0 spiro atoms. The van der Waals surface area contributed by atoms with Gasteiger partial charge in [-0.3, -0.25) is 0 Å². The van der Waals surface area contributed by atoms with Gasteiger partial charge in [0, 0.05) is 6.07 Å². The second-order valence-electron chi connectivity index (χ2n) is 5.71. The Balaban J connectivity index is 1.98. The minimum absolute atomic E-state index is 0.113. The highest BCUT2D eigenvalue weighted by atomic mass is 19.3. The largest absolute Gasteiger partial charge is 0.432 e. The summed E-state index contributed by atoms with van der Waals surface area (Å²) in [6.07, 6.45) is -4.31. The summed E-state index contributed by atoms with van der Waals surface area (Å²) < 4.78 is 75.0. The molecule has 26 heavy (non-hydrogen) atoms. The number of alkyl halides is 2. The van der Waals surface area contributed by atoms with Crippen LogP contribution in [0.2, 0.25) is 0 Å². The number of ether oxygens (including phenoxy) is 1. The zero-order valence-corrected chi connectivity index (χ0v) is 13.6. The maximum atomic E-state index is 14.3. The standard InChI is InChI=1S/C20H13F5O/c1-12-7-8-15(11-16(12)21)26-20(24,25)19-17(22)9-14(10-18(19)23)13-5-3-2-4-6-13/h2-11H,1H3. The van der Waals surface area contributed by atoms with E-state index in [9.17, 15) is 22.0 Å². The predicted octanol–water partition coefficient (Wildman–Crippen LogP) is 6.21. The van der Waals surface area contributed by atoms with Crippen LogP contribution in [0.4, 0.5) is 22.0 Å². The van der Waals surface area contributed by atoms with E-state index in [4.69, 9.17) is 0 Å². The Hall–Kier alpha value is -2.89. The van der Waals surface area contributed by atoms with E-state index in [1.54, 1.807) is 30.3 Å². The van der Waals surface area contributed by atoms with Crippen molar-refractivity contribution in [3.05, 3.63) is 89.2 Å². The zero-order chi connectivity index (χ0) is 18.9. The van der Waals surface area contributed by atoms with Crippen LogP contribution in [-0.4, -0.2) is 0 Å². The topological polar surface area (TPSA) is 9.23 Å². The normalized spacial score (nSPS) is 11.5. The van der Waals surface area contributed by atoms with Gasteiger partial charge in [0.25, 0.3) is 0 Å². The molecule has 0 aliphatic carbocycles. The van der Waals surface area contributed by atoms with E-state index in [1.807, 2.05) is 0 Å². The van der Waals surface area contributed by atoms with Gasteiger partial charge in [-0.05, 0) is 41.8 Å². The first kappa shape index (κ1) is 17.9. The molecule has 0 heterocycles. The molecule has 0 amide bonds. The third kappa shape index (κ3) is 3.54. The minimum atomic E-state index is -4.31. The van der Waals surface area contributed by atoms with Crippen LogP contribution in [0.25, 0.3) is 11.1 Å². The van der Waals surface area contributed by atoms with E-state index < -0.39 is 34.9 Å². The SMILES string of the molecule is Cc1ccc(OC(F)(F)c2c(F)cc(-c3ccccc3)cc2F)cc1F. The maximum absolute atomic E-state index is 14.3. The van der Waals surface area contributed by atoms with Gasteiger partial charge in [0.05, 0.1) is 0 Å². The number of aryl methyl sites for hydroxylation is 1. The van der Waals surface area contributed by atoms with Crippen LogP contribution in [0.15, 0.2) is 60.7 Å². The molecule has 0 aromatic heterocycles. The van der Waals surface area contributed by atoms with Crippen molar-refractivity contribution in [1.29, 1.82) is 0 Å². The molecule has 0 N–H and O–H groups in total. The monoisotopic (exact) mass is 364 g/mol. The van der Waals surface area contributed by atoms with Crippen LogP contribution < -0.4 is 4.74 Å². The van der Waals surface area contributed by atoms with Crippen molar-refractivity contribution in [3.63, 3.8) is 0 Å². The Labute approximate surface area is 146 Å². The van der Waals surface area contributed by atoms with Crippen molar-refractivity contribution in [3.8, 4) is 16.9 Å². The first-order valence-corrected chi connectivity index (χ1v) is 7.66. The molecular formula is C20H13F5O. The molecular weight excluding hydrogens is 351 g/mol. The van der Waals surface area contributed by atoms with Gasteiger partial charge in [-0.1, -0.05) is 36.4 Å². The average Bonchev–Trinajstić information content (AvgIpc) is 2.58. The summed E-state index contributed by atoms with van der Waals surface area (Å²) in [6, 6.07) is 12.9. The number of benzene rings is 3. The van der Waals surface area contributed by atoms with Crippen LogP contribution >= 0.6 is 0 Å². The zero-order valence-electron chi connectivity index (χ0n) is 13.6. The second kappa shape index (κ2) is 6.78. The van der Waals surface area contributed by atoms with Crippen LogP contribution in [-0.2, 0) is 6.11 Å². The Bertz CT molecular complexity index is 915. The van der Waals surface area contributed by atoms with Gasteiger partial charge in [-0.2, -0.15) is 8.78 Å². The van der Waals surface area contributed by atoms with Crippen LogP contribution in [0.5, 0.6) is 5.75 Å². The first-order chi connectivity index (χ1) is 12.3. The Morgan fingerprint density at radius 1 is 0.731 bits per heavy atom. The Kier molecular flexibility index (Phi) is 4.68. The number of halogens is 5. The summed E-state index contributed by atoms with van der Waals surface area (Å²) in [7, 11) is 0. The molecule has 0 fully saturated rings. The molecule has 3 aromatic carbocycles. The molecule has 0 aliphatic rings. The minimum Gasteiger partial charge on any atom is -0.429 e. The van der Waals surface area contributed by atoms with E-state index in [2.05, 4.69) is 4.74 Å². The van der Waals surface area contributed by atoms with Crippen molar-refractivity contribution < 1.29 is 26.7 Å². The van der Waals surface area contributed by atoms with Gasteiger partial charge < -0.3 is 4.74 Å². The molecule has 0 saturated carbocycles. The lowest BCUT2D eigenvalue weighted by atomic mass is 10.0. The van der Waals surface area contributed by atoms with E-state index in [1.165, 1.54) is 13.0 Å². The number of hydrogen-bond donors (Lipinski definition) is 0. The van der Waals surface area contributed by atoms with Crippen LogP contribution in [0, 0.1) is 24.4 Å². The van der Waals surface area contributed by atoms with Gasteiger partial charge in [0.1, 0.15) is 28.8 Å². The molecule has 3 rings (SSSR count). The first-order valence-electron chi connectivity index (χ1n) is 7.66. The van der Waals surface area contributed by atoms with Gasteiger partial charge in [0.2, 0.25) is 0 Å². The van der Waals surface area contributed by atoms with Crippen molar-refractivity contribution in [2.45, 2.75) is 13.0 Å². The number of hydrogen-bond acceptors (Lipinski definition) is 1. The molecule has 1 nitrogen and oxygen atoms in total. The molecule has 0 bridgehead atoms. The highest BCUT2D eigenvalue weighted by Crippen LogP contribution is 2.37. The summed E-state index contributed by atoms with van der Waals surface area (Å²) in [5.41, 5.74) is -0.716. The Morgan fingerprint density at radius 3 is 1.92 bits per heavy atom. The van der Waals surface area contributed by atoms with Crippen LogP contribution in [0.3, 0.4) is 0 Å². The summed E-state index contributed by atoms with van der Waals surface area (Å²) in [4.78, 5) is 0. The molecule has 0 saturated heterocycles. The average molecular weight is 364 g/mol. The van der Waals surface area contributed by atoms with E-state index in [0.717, 1.165) is 24.3 Å². The Morgan fingerprint density at radius 2 is 1.35 bits per heavy atom. The van der Waals surface area contributed by atoms with Crippen molar-refractivity contribution in [2.24, 2.45) is 0 Å². The smallest absolute Gasteiger partial charge is 0.429 e. The summed E-state index contributed by atoms with van der Waals surface area (Å²) in [5, 5.41) is 0. The van der Waals surface area contributed by atoms with Gasteiger partial charge in [-0.15, -0.1) is 0 Å². The second-order valence-corrected chi connectivity index (χ2v) is 5.71. The lowest BCUT2D eigenvalue weighted by Gasteiger charge is -2.20. The molecule has 0 aliphatic heterocycles. The highest BCUT2D eigenvalue weighted by Gasteiger charge is 2.41.